The van der Waals surface area contributed by atoms with E-state index in [1.54, 1.807) is 0 Å². The zero-order valence-electron chi connectivity index (χ0n) is 13.4. The summed E-state index contributed by atoms with van der Waals surface area (Å²) in [5.41, 5.74) is 8.20. The topological polar surface area (TPSA) is 23.8 Å². The lowest BCUT2D eigenvalue weighted by Gasteiger charge is -2.25. The minimum atomic E-state index is 0.117. The van der Waals surface area contributed by atoms with Crippen LogP contribution in [0.15, 0.2) is 0 Å². The van der Waals surface area contributed by atoms with Crippen molar-refractivity contribution in [2.24, 2.45) is 5.41 Å². The molecule has 0 amide bonds. The van der Waals surface area contributed by atoms with Crippen LogP contribution in [0.5, 0.6) is 0 Å². The first-order valence-electron chi connectivity index (χ1n) is 8.19. The van der Waals surface area contributed by atoms with Crippen molar-refractivity contribution in [3.05, 3.63) is 0 Å². The third-order valence-corrected chi connectivity index (χ3v) is 3.89. The number of rotatable bonds is 11. The maximum Gasteiger partial charge on any atom is 0.0261 e. The molecule has 0 fully saturated rings. The van der Waals surface area contributed by atoms with Crippen molar-refractivity contribution in [2.75, 3.05) is 0 Å². The molecular formula is C17H36N. The van der Waals surface area contributed by atoms with Gasteiger partial charge in [0, 0.05) is 6.04 Å². The van der Waals surface area contributed by atoms with E-state index in [9.17, 15) is 0 Å². The molecule has 0 aromatic rings. The summed E-state index contributed by atoms with van der Waals surface area (Å²) in [5.74, 6) is 0. The number of unbranched alkanes of at least 4 members (excludes halogenated alkanes) is 9. The van der Waals surface area contributed by atoms with E-state index < -0.39 is 0 Å². The quantitative estimate of drug-likeness (QED) is 0.404. The fourth-order valence-corrected chi connectivity index (χ4v) is 2.27. The average molecular weight is 254 g/mol. The van der Waals surface area contributed by atoms with Gasteiger partial charge >= 0.3 is 0 Å². The summed E-state index contributed by atoms with van der Waals surface area (Å²) in [6, 6.07) is 0.117. The Bertz CT molecular complexity index is 169. The molecule has 0 aliphatic heterocycles. The van der Waals surface area contributed by atoms with Crippen LogP contribution in [0.2, 0.25) is 0 Å². The molecule has 0 aromatic heterocycles. The average Bonchev–Trinajstić information content (AvgIpc) is 2.30. The van der Waals surface area contributed by atoms with Crippen molar-refractivity contribution in [3.63, 3.8) is 0 Å². The zero-order chi connectivity index (χ0) is 13.9. The maximum absolute atomic E-state index is 8.03. The highest BCUT2D eigenvalue weighted by atomic mass is 14.7. The molecule has 1 atom stereocenters. The molecule has 0 saturated heterocycles. The van der Waals surface area contributed by atoms with E-state index >= 15 is 0 Å². The molecule has 1 N–H and O–H groups in total. The van der Waals surface area contributed by atoms with E-state index in [1.807, 2.05) is 0 Å². The monoisotopic (exact) mass is 254 g/mol. The van der Waals surface area contributed by atoms with E-state index in [-0.39, 0.29) is 11.5 Å². The fourth-order valence-electron chi connectivity index (χ4n) is 2.27. The van der Waals surface area contributed by atoms with Gasteiger partial charge in [-0.05, 0) is 11.8 Å². The van der Waals surface area contributed by atoms with Crippen LogP contribution in [0.25, 0.3) is 0 Å². The highest BCUT2D eigenvalue weighted by Crippen LogP contribution is 2.23. The van der Waals surface area contributed by atoms with Gasteiger partial charge in [0.15, 0.2) is 0 Å². The van der Waals surface area contributed by atoms with Gasteiger partial charge < -0.3 is 0 Å². The minimum Gasteiger partial charge on any atom is -0.254 e. The molecular weight excluding hydrogens is 218 g/mol. The van der Waals surface area contributed by atoms with Crippen molar-refractivity contribution in [2.45, 2.75) is 104 Å². The molecule has 0 aromatic carbocycles. The predicted molar refractivity (Wildman–Crippen MR) is 82.8 cm³/mol. The predicted octanol–water partition coefficient (Wildman–Crippen LogP) is 6.00. The number of hydrogen-bond donors (Lipinski definition) is 0. The van der Waals surface area contributed by atoms with Crippen LogP contribution in [0, 0.1) is 5.41 Å². The third-order valence-electron chi connectivity index (χ3n) is 3.89. The molecule has 0 spiro atoms. The Hall–Kier alpha value is -0.0400. The van der Waals surface area contributed by atoms with E-state index in [1.165, 1.54) is 64.2 Å². The molecule has 18 heavy (non-hydrogen) atoms. The summed E-state index contributed by atoms with van der Waals surface area (Å²) in [5, 5.41) is 0. The van der Waals surface area contributed by atoms with Gasteiger partial charge in [0.05, 0.1) is 0 Å². The van der Waals surface area contributed by atoms with Crippen LogP contribution in [0.1, 0.15) is 98.3 Å². The van der Waals surface area contributed by atoms with Gasteiger partial charge in [-0.15, -0.1) is 0 Å². The molecule has 0 bridgehead atoms. The first-order chi connectivity index (χ1) is 8.48. The zero-order valence-corrected chi connectivity index (χ0v) is 13.4. The molecule has 0 saturated carbocycles. The minimum absolute atomic E-state index is 0.117. The second-order valence-corrected chi connectivity index (χ2v) is 6.89. The molecule has 1 heteroatoms. The Morgan fingerprint density at radius 1 is 0.722 bits per heavy atom. The summed E-state index contributed by atoms with van der Waals surface area (Å²) in [7, 11) is 0. The van der Waals surface area contributed by atoms with Crippen LogP contribution < -0.4 is 5.73 Å². The summed E-state index contributed by atoms with van der Waals surface area (Å²) >= 11 is 0. The van der Waals surface area contributed by atoms with Crippen molar-refractivity contribution in [3.8, 4) is 0 Å². The van der Waals surface area contributed by atoms with Crippen molar-refractivity contribution >= 4 is 0 Å². The van der Waals surface area contributed by atoms with Gasteiger partial charge in [-0.3, -0.25) is 5.73 Å². The van der Waals surface area contributed by atoms with Gasteiger partial charge in [0.1, 0.15) is 0 Å². The molecule has 1 nitrogen and oxygen atoms in total. The van der Waals surface area contributed by atoms with E-state index in [4.69, 9.17) is 5.73 Å². The number of hydrogen-bond acceptors (Lipinski definition) is 0. The molecule has 1 radical (unpaired) electrons. The van der Waals surface area contributed by atoms with Crippen molar-refractivity contribution < 1.29 is 0 Å². The van der Waals surface area contributed by atoms with Gasteiger partial charge in [-0.2, -0.15) is 0 Å². The Balaban J connectivity index is 3.17. The van der Waals surface area contributed by atoms with Crippen LogP contribution in [0.4, 0.5) is 0 Å². The SMILES string of the molecule is CCCCCCCCCCCCC([NH])C(C)(C)C. The Kier molecular flexibility index (Phi) is 10.8. The number of nitrogens with one attached hydrogen (secondary N) is 1. The summed E-state index contributed by atoms with van der Waals surface area (Å²) in [4.78, 5) is 0. The molecule has 1 unspecified atom stereocenters. The largest absolute Gasteiger partial charge is 0.254 e. The van der Waals surface area contributed by atoms with Crippen LogP contribution >= 0.6 is 0 Å². The van der Waals surface area contributed by atoms with E-state index in [0.29, 0.717) is 0 Å². The summed E-state index contributed by atoms with van der Waals surface area (Å²) in [6.45, 7) is 8.82. The second kappa shape index (κ2) is 10.8. The molecule has 0 aliphatic rings. The van der Waals surface area contributed by atoms with Crippen LogP contribution in [-0.2, 0) is 0 Å². The molecule has 0 rings (SSSR count). The Morgan fingerprint density at radius 2 is 1.11 bits per heavy atom. The Morgan fingerprint density at radius 3 is 1.50 bits per heavy atom. The first kappa shape index (κ1) is 18.0. The van der Waals surface area contributed by atoms with Crippen molar-refractivity contribution in [1.82, 2.24) is 5.73 Å². The van der Waals surface area contributed by atoms with Crippen LogP contribution in [0.3, 0.4) is 0 Å². The van der Waals surface area contributed by atoms with Gasteiger partial charge in [0.25, 0.3) is 0 Å². The normalized spacial score (nSPS) is 13.8. The van der Waals surface area contributed by atoms with Crippen LogP contribution in [-0.4, -0.2) is 6.04 Å². The standard InChI is InChI=1S/C17H36N/c1-5-6-7-8-9-10-11-12-13-14-15-16(18)17(2,3)4/h16,18H,5-15H2,1-4H3. The first-order valence-corrected chi connectivity index (χ1v) is 8.19. The summed E-state index contributed by atoms with van der Waals surface area (Å²) in [6.07, 6.45) is 14.9. The lowest BCUT2D eigenvalue weighted by atomic mass is 9.84. The van der Waals surface area contributed by atoms with Gasteiger partial charge in [-0.1, -0.05) is 91.9 Å². The lowest BCUT2D eigenvalue weighted by molar-refractivity contribution is 0.290. The highest BCUT2D eigenvalue weighted by molar-refractivity contribution is 4.75. The molecule has 109 valence electrons. The van der Waals surface area contributed by atoms with Crippen molar-refractivity contribution in [1.29, 1.82) is 0 Å². The fraction of sp³-hybridized carbons (Fsp3) is 1.00. The Labute approximate surface area is 116 Å². The highest BCUT2D eigenvalue weighted by Gasteiger charge is 2.20. The second-order valence-electron chi connectivity index (χ2n) is 6.89. The van der Waals surface area contributed by atoms with Gasteiger partial charge in [-0.25, -0.2) is 0 Å². The maximum atomic E-state index is 8.03. The van der Waals surface area contributed by atoms with Gasteiger partial charge in [0.2, 0.25) is 0 Å². The molecule has 0 aliphatic carbocycles. The molecule has 0 heterocycles. The smallest absolute Gasteiger partial charge is 0.0261 e. The lowest BCUT2D eigenvalue weighted by Crippen LogP contribution is -2.27. The van der Waals surface area contributed by atoms with E-state index in [2.05, 4.69) is 27.7 Å². The summed E-state index contributed by atoms with van der Waals surface area (Å²) < 4.78 is 0. The third kappa shape index (κ3) is 11.1. The van der Waals surface area contributed by atoms with E-state index in [0.717, 1.165) is 6.42 Å².